The SMILES string of the molecule is OC[C@H]1O[C@@H](OC(Cn2cncn2)C2(Cl)CC2)[C@H](O)[C@@H](O)[C@@H]1O. The molecular weight excluding hydrogens is 330 g/mol. The molecule has 1 aromatic heterocycles. The highest BCUT2D eigenvalue weighted by Gasteiger charge is 2.52. The standard InChI is InChI=1S/C13H20ClN3O6/c14-13(1-2-13)8(3-17-6-15-5-16-17)23-12-11(21)10(20)9(19)7(4-18)22-12/h5-12,18-21H,1-4H2/t7-,8?,9-,10+,11-,12+/m1/s1. The van der Waals surface area contributed by atoms with Crippen molar-refractivity contribution < 1.29 is 29.9 Å². The van der Waals surface area contributed by atoms with E-state index >= 15 is 0 Å². The Hall–Kier alpha value is -0.810. The topological polar surface area (TPSA) is 130 Å². The van der Waals surface area contributed by atoms with E-state index in [-0.39, 0.29) is 0 Å². The fourth-order valence-corrected chi connectivity index (χ4v) is 2.82. The predicted octanol–water partition coefficient (Wildman–Crippen LogP) is -1.77. The van der Waals surface area contributed by atoms with Crippen molar-refractivity contribution in [3.8, 4) is 0 Å². The van der Waals surface area contributed by atoms with Gasteiger partial charge in [-0.2, -0.15) is 5.10 Å². The predicted molar refractivity (Wildman–Crippen MR) is 76.5 cm³/mol. The molecule has 2 heterocycles. The number of alkyl halides is 1. The summed E-state index contributed by atoms with van der Waals surface area (Å²) in [5, 5.41) is 42.9. The van der Waals surface area contributed by atoms with Crippen LogP contribution in [0.5, 0.6) is 0 Å². The molecule has 2 fully saturated rings. The lowest BCUT2D eigenvalue weighted by Gasteiger charge is -2.41. The minimum atomic E-state index is -1.48. The van der Waals surface area contributed by atoms with Crippen LogP contribution in [-0.4, -0.2) is 83.5 Å². The summed E-state index contributed by atoms with van der Waals surface area (Å²) in [5.41, 5.74) is 0. The number of rotatable bonds is 6. The first kappa shape index (κ1) is 17.0. The van der Waals surface area contributed by atoms with E-state index in [1.165, 1.54) is 12.7 Å². The molecule has 10 heteroatoms. The third-order valence-corrected chi connectivity index (χ3v) is 4.89. The van der Waals surface area contributed by atoms with Crippen molar-refractivity contribution in [1.29, 1.82) is 0 Å². The van der Waals surface area contributed by atoms with Crippen LogP contribution in [0.4, 0.5) is 0 Å². The van der Waals surface area contributed by atoms with E-state index in [0.717, 1.165) is 12.8 Å². The summed E-state index contributed by atoms with van der Waals surface area (Å²) in [6, 6.07) is 0. The summed E-state index contributed by atoms with van der Waals surface area (Å²) >= 11 is 6.44. The van der Waals surface area contributed by atoms with E-state index in [1.54, 1.807) is 4.68 Å². The Morgan fingerprint density at radius 2 is 2.04 bits per heavy atom. The van der Waals surface area contributed by atoms with Crippen molar-refractivity contribution in [2.24, 2.45) is 0 Å². The van der Waals surface area contributed by atoms with Crippen LogP contribution in [0.15, 0.2) is 12.7 Å². The van der Waals surface area contributed by atoms with Crippen molar-refractivity contribution in [2.75, 3.05) is 6.61 Å². The zero-order valence-electron chi connectivity index (χ0n) is 12.3. The third kappa shape index (κ3) is 3.50. The highest BCUT2D eigenvalue weighted by Crippen LogP contribution is 2.48. The quantitative estimate of drug-likeness (QED) is 0.444. The molecule has 1 unspecified atom stereocenters. The maximum Gasteiger partial charge on any atom is 0.187 e. The Morgan fingerprint density at radius 1 is 1.30 bits per heavy atom. The third-order valence-electron chi connectivity index (χ3n) is 4.27. The molecule has 0 spiro atoms. The van der Waals surface area contributed by atoms with Crippen molar-refractivity contribution in [3.05, 3.63) is 12.7 Å². The lowest BCUT2D eigenvalue weighted by Crippen LogP contribution is -2.60. The van der Waals surface area contributed by atoms with E-state index in [2.05, 4.69) is 10.1 Å². The smallest absolute Gasteiger partial charge is 0.187 e. The van der Waals surface area contributed by atoms with Gasteiger partial charge in [-0.25, -0.2) is 4.98 Å². The summed E-state index contributed by atoms with van der Waals surface area (Å²) in [5.74, 6) is 0. The van der Waals surface area contributed by atoms with Crippen LogP contribution >= 0.6 is 11.6 Å². The van der Waals surface area contributed by atoms with E-state index in [4.69, 9.17) is 21.1 Å². The molecule has 0 radical (unpaired) electrons. The number of aliphatic hydroxyl groups excluding tert-OH is 4. The normalized spacial score (nSPS) is 37.5. The monoisotopic (exact) mass is 349 g/mol. The Balaban J connectivity index is 1.71. The summed E-state index contributed by atoms with van der Waals surface area (Å²) in [4.78, 5) is 3.26. The zero-order valence-corrected chi connectivity index (χ0v) is 13.0. The van der Waals surface area contributed by atoms with Gasteiger partial charge in [0.1, 0.15) is 37.1 Å². The molecule has 3 rings (SSSR count). The molecule has 6 atom stereocenters. The molecule has 0 aromatic carbocycles. The molecule has 130 valence electrons. The molecule has 2 aliphatic rings. The second-order valence-electron chi connectivity index (χ2n) is 5.97. The van der Waals surface area contributed by atoms with E-state index < -0.39 is 48.3 Å². The zero-order chi connectivity index (χ0) is 16.6. The fourth-order valence-electron chi connectivity index (χ4n) is 2.61. The number of ether oxygens (including phenoxy) is 2. The number of aliphatic hydroxyl groups is 4. The molecule has 1 saturated heterocycles. The van der Waals surface area contributed by atoms with Crippen molar-refractivity contribution in [1.82, 2.24) is 14.8 Å². The van der Waals surface area contributed by atoms with Gasteiger partial charge >= 0.3 is 0 Å². The van der Waals surface area contributed by atoms with Crippen LogP contribution in [0.25, 0.3) is 0 Å². The van der Waals surface area contributed by atoms with E-state index in [1.807, 2.05) is 0 Å². The Morgan fingerprint density at radius 3 is 2.61 bits per heavy atom. The molecule has 9 nitrogen and oxygen atoms in total. The average Bonchev–Trinajstić information content (AvgIpc) is 3.08. The van der Waals surface area contributed by atoms with Gasteiger partial charge in [-0.15, -0.1) is 11.6 Å². The van der Waals surface area contributed by atoms with Crippen LogP contribution in [0.2, 0.25) is 0 Å². The Bertz CT molecular complexity index is 512. The van der Waals surface area contributed by atoms with Gasteiger partial charge in [-0.05, 0) is 12.8 Å². The number of aromatic nitrogens is 3. The molecule has 1 aliphatic carbocycles. The van der Waals surface area contributed by atoms with Gasteiger partial charge in [0.2, 0.25) is 0 Å². The first-order valence-corrected chi connectivity index (χ1v) is 7.80. The van der Waals surface area contributed by atoms with Crippen molar-refractivity contribution >= 4 is 11.6 Å². The van der Waals surface area contributed by atoms with Crippen LogP contribution in [0.3, 0.4) is 0 Å². The minimum absolute atomic E-state index is 0.304. The first-order valence-electron chi connectivity index (χ1n) is 7.42. The molecule has 23 heavy (non-hydrogen) atoms. The van der Waals surface area contributed by atoms with Gasteiger partial charge in [0, 0.05) is 0 Å². The van der Waals surface area contributed by atoms with Gasteiger partial charge in [0.05, 0.1) is 24.1 Å². The van der Waals surface area contributed by atoms with Gasteiger partial charge in [-0.1, -0.05) is 0 Å². The van der Waals surface area contributed by atoms with E-state index in [0.29, 0.717) is 6.54 Å². The van der Waals surface area contributed by atoms with Crippen LogP contribution < -0.4 is 0 Å². The van der Waals surface area contributed by atoms with Gasteiger partial charge in [-0.3, -0.25) is 4.68 Å². The largest absolute Gasteiger partial charge is 0.394 e. The Labute approximate surface area is 137 Å². The van der Waals surface area contributed by atoms with Gasteiger partial charge < -0.3 is 29.9 Å². The molecule has 1 aromatic rings. The van der Waals surface area contributed by atoms with Crippen molar-refractivity contribution in [3.63, 3.8) is 0 Å². The molecular formula is C13H20ClN3O6. The molecule has 0 bridgehead atoms. The van der Waals surface area contributed by atoms with E-state index in [9.17, 15) is 20.4 Å². The second-order valence-corrected chi connectivity index (χ2v) is 6.73. The summed E-state index contributed by atoms with van der Waals surface area (Å²) in [6.07, 6.45) is -2.73. The molecule has 1 saturated carbocycles. The van der Waals surface area contributed by atoms with Crippen LogP contribution in [0, 0.1) is 0 Å². The maximum absolute atomic E-state index is 10.1. The Kier molecular flexibility index (Phi) is 4.88. The average molecular weight is 350 g/mol. The van der Waals surface area contributed by atoms with Gasteiger partial charge in [0.15, 0.2) is 6.29 Å². The van der Waals surface area contributed by atoms with Crippen molar-refractivity contribution in [2.45, 2.75) is 61.1 Å². The highest BCUT2D eigenvalue weighted by molar-refractivity contribution is 6.26. The second kappa shape index (κ2) is 6.60. The molecule has 0 amide bonds. The number of halogens is 1. The van der Waals surface area contributed by atoms with Gasteiger partial charge in [0.25, 0.3) is 0 Å². The van der Waals surface area contributed by atoms with Crippen LogP contribution in [-0.2, 0) is 16.0 Å². The highest BCUT2D eigenvalue weighted by atomic mass is 35.5. The number of nitrogens with zero attached hydrogens (tertiary/aromatic N) is 3. The maximum atomic E-state index is 10.1. The number of hydrogen-bond donors (Lipinski definition) is 4. The lowest BCUT2D eigenvalue weighted by atomic mass is 9.99. The first-order chi connectivity index (χ1) is 10.9. The minimum Gasteiger partial charge on any atom is -0.394 e. The summed E-state index contributed by atoms with van der Waals surface area (Å²) in [6.45, 7) is -0.205. The lowest BCUT2D eigenvalue weighted by molar-refractivity contribution is -0.313. The summed E-state index contributed by atoms with van der Waals surface area (Å²) < 4.78 is 12.7. The van der Waals surface area contributed by atoms with Crippen LogP contribution in [0.1, 0.15) is 12.8 Å². The fraction of sp³-hybridized carbons (Fsp3) is 0.846. The summed E-state index contributed by atoms with van der Waals surface area (Å²) in [7, 11) is 0. The number of hydrogen-bond acceptors (Lipinski definition) is 8. The molecule has 4 N–H and O–H groups in total. The molecule has 1 aliphatic heterocycles.